The molecular formula is C18H20Cl2N2O4S. The van der Waals surface area contributed by atoms with Crippen LogP contribution in [0.25, 0.3) is 0 Å². The minimum absolute atomic E-state index is 0.169. The number of ether oxygens (including phenoxy) is 2. The minimum atomic E-state index is -3.84. The molecule has 0 aliphatic rings. The maximum atomic E-state index is 12.6. The summed E-state index contributed by atoms with van der Waals surface area (Å²) >= 11 is 12.3. The number of hydrogen-bond acceptors (Lipinski definition) is 5. The highest BCUT2D eigenvalue weighted by Crippen LogP contribution is 2.41. The molecule has 0 heterocycles. The molecule has 0 bridgehead atoms. The fraction of sp³-hybridized carbons (Fsp3) is 0.278. The van der Waals surface area contributed by atoms with Gasteiger partial charge < -0.3 is 9.47 Å². The zero-order valence-corrected chi connectivity index (χ0v) is 17.9. The Hall–Kier alpha value is -1.96. The van der Waals surface area contributed by atoms with Gasteiger partial charge >= 0.3 is 0 Å². The molecule has 0 fully saturated rings. The van der Waals surface area contributed by atoms with Crippen molar-refractivity contribution in [2.24, 2.45) is 5.10 Å². The van der Waals surface area contributed by atoms with Crippen LogP contribution in [0.5, 0.6) is 11.5 Å². The number of halogens is 2. The smallest absolute Gasteiger partial charge is 0.277 e. The third-order valence-electron chi connectivity index (χ3n) is 3.82. The van der Waals surface area contributed by atoms with E-state index in [2.05, 4.69) is 9.93 Å². The van der Waals surface area contributed by atoms with Crippen LogP contribution in [0, 0.1) is 20.8 Å². The van der Waals surface area contributed by atoms with Crippen LogP contribution < -0.4 is 14.3 Å². The van der Waals surface area contributed by atoms with Crippen LogP contribution in [-0.4, -0.2) is 28.9 Å². The van der Waals surface area contributed by atoms with E-state index in [0.717, 1.165) is 5.56 Å². The summed E-state index contributed by atoms with van der Waals surface area (Å²) in [5.74, 6) is 0.530. The minimum Gasteiger partial charge on any atom is -0.494 e. The van der Waals surface area contributed by atoms with Crippen molar-refractivity contribution in [3.05, 3.63) is 50.5 Å². The Labute approximate surface area is 169 Å². The predicted octanol–water partition coefficient (Wildman–Crippen LogP) is 4.25. The number of nitrogens with one attached hydrogen (secondary N) is 1. The van der Waals surface area contributed by atoms with E-state index in [0.29, 0.717) is 16.7 Å². The normalized spacial score (nSPS) is 11.7. The molecule has 2 rings (SSSR count). The van der Waals surface area contributed by atoms with Gasteiger partial charge in [0.1, 0.15) is 10.8 Å². The maximum Gasteiger partial charge on any atom is 0.277 e. The Morgan fingerprint density at radius 1 is 1.00 bits per heavy atom. The van der Waals surface area contributed by atoms with Crippen molar-refractivity contribution < 1.29 is 17.9 Å². The van der Waals surface area contributed by atoms with Crippen LogP contribution in [0.1, 0.15) is 22.3 Å². The molecule has 0 aliphatic carbocycles. The fourth-order valence-corrected chi connectivity index (χ4v) is 4.85. The largest absolute Gasteiger partial charge is 0.494 e. The molecule has 146 valence electrons. The van der Waals surface area contributed by atoms with Crippen LogP contribution in [0.4, 0.5) is 0 Å². The highest BCUT2D eigenvalue weighted by molar-refractivity contribution is 7.89. The number of aryl methyl sites for hydroxylation is 3. The first-order valence-corrected chi connectivity index (χ1v) is 10.1. The van der Waals surface area contributed by atoms with E-state index in [4.69, 9.17) is 32.7 Å². The molecule has 0 spiro atoms. The molecule has 27 heavy (non-hydrogen) atoms. The van der Waals surface area contributed by atoms with Gasteiger partial charge in [-0.1, -0.05) is 40.9 Å². The van der Waals surface area contributed by atoms with Gasteiger partial charge in [-0.3, -0.25) is 0 Å². The summed E-state index contributed by atoms with van der Waals surface area (Å²) in [4.78, 5) is 2.41. The van der Waals surface area contributed by atoms with Crippen molar-refractivity contribution in [3.8, 4) is 11.5 Å². The highest BCUT2D eigenvalue weighted by atomic mass is 35.5. The lowest BCUT2D eigenvalue weighted by molar-refractivity contribution is 0.394. The lowest BCUT2D eigenvalue weighted by atomic mass is 10.1. The van der Waals surface area contributed by atoms with E-state index in [1.165, 1.54) is 26.5 Å². The Morgan fingerprint density at radius 2 is 1.56 bits per heavy atom. The van der Waals surface area contributed by atoms with E-state index in [1.54, 1.807) is 26.0 Å². The molecule has 2 aromatic rings. The maximum absolute atomic E-state index is 12.6. The van der Waals surface area contributed by atoms with E-state index >= 15 is 0 Å². The van der Waals surface area contributed by atoms with Crippen molar-refractivity contribution in [3.63, 3.8) is 0 Å². The first-order chi connectivity index (χ1) is 12.6. The summed E-state index contributed by atoms with van der Waals surface area (Å²) < 4.78 is 35.7. The molecule has 0 saturated carbocycles. The second kappa shape index (κ2) is 8.37. The molecule has 0 amide bonds. The number of nitrogens with zero attached hydrogens (tertiary/aromatic N) is 1. The summed E-state index contributed by atoms with van der Waals surface area (Å²) in [5, 5.41) is 4.26. The van der Waals surface area contributed by atoms with Crippen molar-refractivity contribution in [2.75, 3.05) is 14.2 Å². The molecular weight excluding hydrogens is 411 g/mol. The Balaban J connectivity index is 2.38. The Bertz CT molecular complexity index is 982. The number of methoxy groups -OCH3 is 2. The van der Waals surface area contributed by atoms with Crippen molar-refractivity contribution in [1.82, 2.24) is 4.83 Å². The molecule has 0 saturated heterocycles. The zero-order valence-electron chi connectivity index (χ0n) is 15.6. The fourth-order valence-electron chi connectivity index (χ4n) is 2.89. The van der Waals surface area contributed by atoms with Crippen LogP contribution in [0.15, 0.2) is 28.2 Å². The number of benzene rings is 2. The first kappa shape index (κ1) is 21.3. The quantitative estimate of drug-likeness (QED) is 0.548. The van der Waals surface area contributed by atoms with Gasteiger partial charge in [-0.2, -0.15) is 13.5 Å². The van der Waals surface area contributed by atoms with Gasteiger partial charge in [0.05, 0.1) is 30.4 Å². The highest BCUT2D eigenvalue weighted by Gasteiger charge is 2.20. The van der Waals surface area contributed by atoms with E-state index in [9.17, 15) is 8.42 Å². The molecule has 9 heteroatoms. The average molecular weight is 431 g/mol. The molecule has 0 aromatic heterocycles. The van der Waals surface area contributed by atoms with Gasteiger partial charge in [-0.15, -0.1) is 0 Å². The average Bonchev–Trinajstić information content (AvgIpc) is 2.53. The Kier molecular flexibility index (Phi) is 6.62. The molecule has 2 aromatic carbocycles. The van der Waals surface area contributed by atoms with Crippen molar-refractivity contribution in [2.45, 2.75) is 25.7 Å². The number of sulfonamides is 1. The lowest BCUT2D eigenvalue weighted by Crippen LogP contribution is -2.20. The molecule has 6 nitrogen and oxygen atoms in total. The van der Waals surface area contributed by atoms with Gasteiger partial charge in [-0.05, 0) is 38.0 Å². The SMILES string of the molecule is COc1c(Cl)cc(/C=N/NS(=O)(=O)c2c(C)cc(C)cc2C)c(OC)c1Cl. The summed E-state index contributed by atoms with van der Waals surface area (Å²) in [6.07, 6.45) is 1.27. The lowest BCUT2D eigenvalue weighted by Gasteiger charge is -2.13. The summed E-state index contributed by atoms with van der Waals surface area (Å²) in [7, 11) is -0.984. The number of hydrogen-bond donors (Lipinski definition) is 1. The first-order valence-electron chi connectivity index (χ1n) is 7.85. The van der Waals surface area contributed by atoms with Crippen LogP contribution in [0.3, 0.4) is 0 Å². The third-order valence-corrected chi connectivity index (χ3v) is 5.97. The molecule has 1 N–H and O–H groups in total. The van der Waals surface area contributed by atoms with Gasteiger partial charge in [-0.25, -0.2) is 4.83 Å². The summed E-state index contributed by atoms with van der Waals surface area (Å²) in [5.41, 5.74) is 2.67. The summed E-state index contributed by atoms with van der Waals surface area (Å²) in [6.45, 7) is 5.39. The third kappa shape index (κ3) is 4.48. The van der Waals surface area contributed by atoms with Gasteiger partial charge in [0.15, 0.2) is 5.75 Å². The standard InChI is InChI=1S/C18H20Cl2N2O4S/c1-10-6-11(2)18(12(3)7-10)27(23,24)22-21-9-13-8-14(19)17(26-5)15(20)16(13)25-4/h6-9,22H,1-5H3/b21-9+. The van der Waals surface area contributed by atoms with E-state index in [1.807, 2.05) is 6.92 Å². The summed E-state index contributed by atoms with van der Waals surface area (Å²) in [6, 6.07) is 5.12. The van der Waals surface area contributed by atoms with Crippen molar-refractivity contribution in [1.29, 1.82) is 0 Å². The van der Waals surface area contributed by atoms with Crippen LogP contribution >= 0.6 is 23.2 Å². The molecule has 0 radical (unpaired) electrons. The van der Waals surface area contributed by atoms with Crippen LogP contribution in [-0.2, 0) is 10.0 Å². The molecule has 0 unspecified atom stereocenters. The van der Waals surface area contributed by atoms with Crippen molar-refractivity contribution >= 4 is 39.4 Å². The van der Waals surface area contributed by atoms with Gasteiger partial charge in [0.25, 0.3) is 10.0 Å². The monoisotopic (exact) mass is 430 g/mol. The second-order valence-electron chi connectivity index (χ2n) is 5.91. The zero-order chi connectivity index (χ0) is 20.4. The molecule has 0 aliphatic heterocycles. The van der Waals surface area contributed by atoms with Gasteiger partial charge in [0.2, 0.25) is 0 Å². The number of hydrazone groups is 1. The Morgan fingerprint density at radius 3 is 2.07 bits per heavy atom. The number of rotatable bonds is 6. The van der Waals surface area contributed by atoms with Gasteiger partial charge in [0, 0.05) is 5.56 Å². The predicted molar refractivity (Wildman–Crippen MR) is 108 cm³/mol. The van der Waals surface area contributed by atoms with E-state index in [-0.39, 0.29) is 26.4 Å². The van der Waals surface area contributed by atoms with Crippen LogP contribution in [0.2, 0.25) is 10.0 Å². The molecule has 0 atom stereocenters. The second-order valence-corrected chi connectivity index (χ2v) is 8.29. The topological polar surface area (TPSA) is 77.0 Å². The van der Waals surface area contributed by atoms with E-state index < -0.39 is 10.0 Å².